The van der Waals surface area contributed by atoms with E-state index in [-0.39, 0.29) is 17.1 Å². The molecule has 163 valence electrons. The molecule has 2 aliphatic rings. The van der Waals surface area contributed by atoms with Crippen LogP contribution < -0.4 is 20.7 Å². The van der Waals surface area contributed by atoms with Gasteiger partial charge in [0.2, 0.25) is 0 Å². The number of aromatic nitrogens is 2. The molecule has 0 atom stereocenters. The average Bonchev–Trinajstić information content (AvgIpc) is 3.58. The van der Waals surface area contributed by atoms with E-state index in [0.717, 1.165) is 50.6 Å². The third-order valence-corrected chi connectivity index (χ3v) is 5.57. The molecule has 0 spiro atoms. The molecule has 2 aromatic heterocycles. The molecule has 0 aliphatic carbocycles. The Morgan fingerprint density at radius 3 is 2.06 bits per heavy atom. The van der Waals surface area contributed by atoms with Crippen molar-refractivity contribution in [1.82, 2.24) is 9.97 Å². The smallest absolute Gasteiger partial charge is 0.657 e. The van der Waals surface area contributed by atoms with Gasteiger partial charge < -0.3 is 20.2 Å². The summed E-state index contributed by atoms with van der Waals surface area (Å²) in [6, 6.07) is 7.66. The number of rotatable bonds is 4. The fraction of sp³-hybridized carbons (Fsp3) is 0.200. The monoisotopic (exact) mass is 467 g/mol. The Balaban J connectivity index is 0.00000289. The van der Waals surface area contributed by atoms with Gasteiger partial charge >= 0.3 is 17.1 Å². The molecule has 1 radical (unpaired) electrons. The second-order valence-corrected chi connectivity index (χ2v) is 7.60. The average molecular weight is 467 g/mol. The van der Waals surface area contributed by atoms with E-state index in [1.165, 1.54) is 0 Å². The van der Waals surface area contributed by atoms with E-state index in [2.05, 4.69) is 9.98 Å². The quantitative estimate of drug-likeness (QED) is 0.532. The van der Waals surface area contributed by atoms with Gasteiger partial charge in [0.15, 0.2) is 6.29 Å². The maximum absolute atomic E-state index is 9.35. The number of hydrogen-bond donors (Lipinski definition) is 2. The Bertz CT molecular complexity index is 1330. The maximum atomic E-state index is 9.35. The summed E-state index contributed by atoms with van der Waals surface area (Å²) < 4.78 is 0. The Hall–Kier alpha value is -2.96. The zero-order valence-corrected chi connectivity index (χ0v) is 19.5. The summed E-state index contributed by atoms with van der Waals surface area (Å²) in [5.74, 6) is 0. The molecule has 7 heteroatoms. The molecular formula is C25H24MnN4O2. The molecule has 6 nitrogen and oxygen atoms in total. The van der Waals surface area contributed by atoms with Crippen LogP contribution in [0.3, 0.4) is 0 Å². The standard InChI is InChI=1S/C25H24N4O2.Mn/c1-14(18-6-5-13-26-18)19-7-8-20(27-19)15(2)21-9-10-22(28-21)16(3)23-11-12-24(29-23)17(4)25(30)31;/h5-13,25,30-31H,1-4H3;/q-2;+2/b18-14-,21-15-,23-16-,24-17+;. The van der Waals surface area contributed by atoms with E-state index in [1.807, 2.05) is 63.3 Å². The van der Waals surface area contributed by atoms with Crippen LogP contribution in [0.15, 0.2) is 69.9 Å². The first-order valence-corrected chi connectivity index (χ1v) is 10.1. The minimum Gasteiger partial charge on any atom is -0.657 e. The van der Waals surface area contributed by atoms with E-state index in [0.29, 0.717) is 10.9 Å². The molecule has 0 saturated carbocycles. The first-order valence-electron chi connectivity index (χ1n) is 10.1. The van der Waals surface area contributed by atoms with Crippen molar-refractivity contribution in [3.8, 4) is 0 Å². The summed E-state index contributed by atoms with van der Waals surface area (Å²) in [6.45, 7) is 7.65. The van der Waals surface area contributed by atoms with Crippen LogP contribution in [0.2, 0.25) is 0 Å². The predicted octanol–water partition coefficient (Wildman–Crippen LogP) is 2.06. The Morgan fingerprint density at radius 2 is 1.44 bits per heavy atom. The zero-order chi connectivity index (χ0) is 22.1. The SMILES string of the molecule is C/C(=C1\C=CC=N1)c1ccc(/C(C)=C2/C=CC(C(/C)=c3/cc/c(=C(/C)C(O)O)[n-]3)=N2)[n-]1.[Mn+2]. The first kappa shape index (κ1) is 23.7. The van der Waals surface area contributed by atoms with Crippen molar-refractivity contribution in [2.75, 3.05) is 0 Å². The molecule has 2 aliphatic heterocycles. The van der Waals surface area contributed by atoms with Crippen molar-refractivity contribution in [2.45, 2.75) is 34.0 Å². The molecule has 0 saturated heterocycles. The van der Waals surface area contributed by atoms with Gasteiger partial charge in [-0.1, -0.05) is 24.3 Å². The van der Waals surface area contributed by atoms with Crippen molar-refractivity contribution >= 4 is 34.2 Å². The molecule has 0 amide bonds. The normalized spacial score (nSPS) is 19.9. The van der Waals surface area contributed by atoms with Crippen LogP contribution in [-0.4, -0.2) is 28.4 Å². The van der Waals surface area contributed by atoms with Gasteiger partial charge in [0, 0.05) is 6.21 Å². The van der Waals surface area contributed by atoms with E-state index < -0.39 is 6.29 Å². The largest absolute Gasteiger partial charge is 2.00 e. The van der Waals surface area contributed by atoms with Gasteiger partial charge in [0.1, 0.15) is 0 Å². The Labute approximate surface area is 197 Å². The van der Waals surface area contributed by atoms with Crippen molar-refractivity contribution < 1.29 is 27.3 Å². The summed E-state index contributed by atoms with van der Waals surface area (Å²) in [7, 11) is 0. The van der Waals surface area contributed by atoms with Gasteiger partial charge in [-0.15, -0.1) is 22.1 Å². The number of aliphatic hydroxyl groups is 2. The fourth-order valence-electron chi connectivity index (χ4n) is 3.40. The summed E-state index contributed by atoms with van der Waals surface area (Å²) >= 11 is 0. The van der Waals surface area contributed by atoms with Crippen molar-refractivity contribution in [2.24, 2.45) is 9.98 Å². The summed E-state index contributed by atoms with van der Waals surface area (Å²) in [6.07, 6.45) is 8.12. The van der Waals surface area contributed by atoms with E-state index in [9.17, 15) is 10.2 Å². The molecule has 2 N–H and O–H groups in total. The second-order valence-electron chi connectivity index (χ2n) is 7.60. The van der Waals surface area contributed by atoms with E-state index in [4.69, 9.17) is 9.98 Å². The summed E-state index contributed by atoms with van der Waals surface area (Å²) in [5, 5.41) is 20.0. The third kappa shape index (κ3) is 4.61. The van der Waals surface area contributed by atoms with Crippen LogP contribution in [-0.2, 0) is 17.1 Å². The third-order valence-electron chi connectivity index (χ3n) is 5.57. The van der Waals surface area contributed by atoms with Gasteiger partial charge in [0.25, 0.3) is 0 Å². The zero-order valence-electron chi connectivity index (χ0n) is 18.3. The number of nitrogens with zero attached hydrogens (tertiary/aromatic N) is 4. The van der Waals surface area contributed by atoms with Crippen molar-refractivity contribution in [3.05, 3.63) is 82.0 Å². The molecule has 0 fully saturated rings. The maximum Gasteiger partial charge on any atom is 2.00 e. The fourth-order valence-corrected chi connectivity index (χ4v) is 3.40. The molecule has 4 rings (SSSR count). The van der Waals surface area contributed by atoms with Gasteiger partial charge in [-0.25, -0.2) is 4.99 Å². The molecule has 0 bridgehead atoms. The number of allylic oxidation sites excluding steroid dienone is 6. The minimum atomic E-state index is -1.51. The molecule has 0 unspecified atom stereocenters. The number of aliphatic hydroxyl groups excluding tert-OH is 1. The van der Waals surface area contributed by atoms with Crippen molar-refractivity contribution in [3.63, 3.8) is 0 Å². The van der Waals surface area contributed by atoms with Crippen LogP contribution in [0, 0.1) is 0 Å². The predicted molar refractivity (Wildman–Crippen MR) is 125 cm³/mol. The van der Waals surface area contributed by atoms with Crippen molar-refractivity contribution in [1.29, 1.82) is 0 Å². The summed E-state index contributed by atoms with van der Waals surface area (Å²) in [4.78, 5) is 18.4. The van der Waals surface area contributed by atoms with Gasteiger partial charge in [-0.05, 0) is 74.3 Å². The molecule has 2 aromatic rings. The Kier molecular flexibility index (Phi) is 7.16. The van der Waals surface area contributed by atoms with Crippen LogP contribution in [0.1, 0.15) is 39.1 Å². The van der Waals surface area contributed by atoms with Crippen LogP contribution in [0.5, 0.6) is 0 Å². The van der Waals surface area contributed by atoms with Crippen LogP contribution in [0.25, 0.3) is 22.3 Å². The molecule has 32 heavy (non-hydrogen) atoms. The van der Waals surface area contributed by atoms with Crippen LogP contribution >= 0.6 is 0 Å². The number of aliphatic imine (C=N–C) groups is 2. The van der Waals surface area contributed by atoms with Gasteiger partial charge in [0.05, 0.1) is 17.1 Å². The van der Waals surface area contributed by atoms with E-state index >= 15 is 0 Å². The first-order chi connectivity index (χ1) is 14.8. The van der Waals surface area contributed by atoms with Gasteiger partial charge in [-0.3, -0.25) is 4.99 Å². The molecule has 4 heterocycles. The topological polar surface area (TPSA) is 93.4 Å². The Morgan fingerprint density at radius 1 is 0.781 bits per heavy atom. The second kappa shape index (κ2) is 9.67. The van der Waals surface area contributed by atoms with Crippen LogP contribution in [0.4, 0.5) is 0 Å². The number of hydrogen-bond acceptors (Lipinski definition) is 4. The summed E-state index contributed by atoms with van der Waals surface area (Å²) in [5.41, 5.74) is 7.81. The van der Waals surface area contributed by atoms with Gasteiger partial charge in [-0.2, -0.15) is 0 Å². The minimum absolute atomic E-state index is 0. The molecule has 0 aromatic carbocycles. The van der Waals surface area contributed by atoms with E-state index in [1.54, 1.807) is 19.2 Å². The molecular weight excluding hydrogens is 443 g/mol.